The molecule has 1 unspecified atom stereocenters. The van der Waals surface area contributed by atoms with E-state index in [1.54, 1.807) is 7.11 Å². The van der Waals surface area contributed by atoms with Gasteiger partial charge in [0.15, 0.2) is 0 Å². The van der Waals surface area contributed by atoms with Gasteiger partial charge in [-0.1, -0.05) is 34.3 Å². The fourth-order valence-corrected chi connectivity index (χ4v) is 2.12. The van der Waals surface area contributed by atoms with E-state index in [9.17, 15) is 4.79 Å². The maximum atomic E-state index is 12.5. The van der Waals surface area contributed by atoms with Crippen LogP contribution in [-0.2, 0) is 9.53 Å². The van der Waals surface area contributed by atoms with Gasteiger partial charge in [-0.15, -0.1) is 0 Å². The van der Waals surface area contributed by atoms with Crippen LogP contribution in [0.1, 0.15) is 40.5 Å². The molecule has 1 heterocycles. The second kappa shape index (κ2) is 5.11. The van der Waals surface area contributed by atoms with Crippen LogP contribution in [0.25, 0.3) is 0 Å². The largest absolute Gasteiger partial charge is 0.500 e. The normalized spacial score (nSPS) is 22.4. The lowest BCUT2D eigenvalue weighted by Gasteiger charge is -2.33. The molecule has 0 radical (unpaired) electrons. The molecular weight excluding hydrogens is 214 g/mol. The third-order valence-electron chi connectivity index (χ3n) is 3.84. The topological polar surface area (TPSA) is 29.5 Å². The SMILES string of the molecule is C=C(OC)C1CCCN1C(=O)[C@@H](C)C(C)(C)C. The van der Waals surface area contributed by atoms with Gasteiger partial charge in [0, 0.05) is 12.5 Å². The monoisotopic (exact) mass is 239 g/mol. The molecule has 0 aromatic rings. The van der Waals surface area contributed by atoms with E-state index in [4.69, 9.17) is 4.74 Å². The Morgan fingerprint density at radius 3 is 2.53 bits per heavy atom. The van der Waals surface area contributed by atoms with E-state index in [-0.39, 0.29) is 23.3 Å². The lowest BCUT2D eigenvalue weighted by Crippen LogP contribution is -2.43. The minimum Gasteiger partial charge on any atom is -0.500 e. The first kappa shape index (κ1) is 14.1. The highest BCUT2D eigenvalue weighted by Crippen LogP contribution is 2.31. The molecule has 1 amide bonds. The van der Waals surface area contributed by atoms with E-state index >= 15 is 0 Å². The van der Waals surface area contributed by atoms with Gasteiger partial charge in [0.05, 0.1) is 13.2 Å². The van der Waals surface area contributed by atoms with Crippen molar-refractivity contribution in [1.82, 2.24) is 4.90 Å². The quantitative estimate of drug-likeness (QED) is 0.709. The molecule has 0 aromatic carbocycles. The van der Waals surface area contributed by atoms with Gasteiger partial charge in [0.1, 0.15) is 5.76 Å². The van der Waals surface area contributed by atoms with Gasteiger partial charge >= 0.3 is 0 Å². The van der Waals surface area contributed by atoms with Crippen LogP contribution >= 0.6 is 0 Å². The molecular formula is C14H25NO2. The third kappa shape index (κ3) is 3.02. The van der Waals surface area contributed by atoms with Gasteiger partial charge < -0.3 is 9.64 Å². The molecule has 0 bridgehead atoms. The Morgan fingerprint density at radius 2 is 2.06 bits per heavy atom. The number of methoxy groups -OCH3 is 1. The Morgan fingerprint density at radius 1 is 1.47 bits per heavy atom. The van der Waals surface area contributed by atoms with Gasteiger partial charge in [-0.2, -0.15) is 0 Å². The van der Waals surface area contributed by atoms with Crippen molar-refractivity contribution >= 4 is 5.91 Å². The molecule has 17 heavy (non-hydrogen) atoms. The summed E-state index contributed by atoms with van der Waals surface area (Å²) in [6, 6.07) is 0.0669. The Labute approximate surface area is 105 Å². The first-order chi connectivity index (χ1) is 7.79. The minimum absolute atomic E-state index is 0.00136. The summed E-state index contributed by atoms with van der Waals surface area (Å²) in [7, 11) is 1.62. The summed E-state index contributed by atoms with van der Waals surface area (Å²) in [6.45, 7) is 13.0. The molecule has 1 fully saturated rings. The van der Waals surface area contributed by atoms with Crippen molar-refractivity contribution in [1.29, 1.82) is 0 Å². The maximum Gasteiger partial charge on any atom is 0.226 e. The van der Waals surface area contributed by atoms with Crippen LogP contribution < -0.4 is 0 Å². The average molecular weight is 239 g/mol. The fraction of sp³-hybridized carbons (Fsp3) is 0.786. The fourth-order valence-electron chi connectivity index (χ4n) is 2.12. The number of hydrogen-bond donors (Lipinski definition) is 0. The van der Waals surface area contributed by atoms with Crippen LogP contribution in [0.2, 0.25) is 0 Å². The highest BCUT2D eigenvalue weighted by atomic mass is 16.5. The molecule has 0 saturated carbocycles. The molecule has 98 valence electrons. The number of nitrogens with zero attached hydrogens (tertiary/aromatic N) is 1. The van der Waals surface area contributed by atoms with E-state index in [2.05, 4.69) is 27.4 Å². The molecule has 0 N–H and O–H groups in total. The van der Waals surface area contributed by atoms with Crippen LogP contribution in [0.3, 0.4) is 0 Å². The van der Waals surface area contributed by atoms with E-state index in [1.807, 2.05) is 11.8 Å². The zero-order chi connectivity index (χ0) is 13.2. The van der Waals surface area contributed by atoms with Crippen molar-refractivity contribution in [2.24, 2.45) is 11.3 Å². The molecule has 0 aliphatic carbocycles. The van der Waals surface area contributed by atoms with Crippen molar-refractivity contribution in [3.05, 3.63) is 12.3 Å². The first-order valence-corrected chi connectivity index (χ1v) is 6.32. The minimum atomic E-state index is -0.00136. The van der Waals surface area contributed by atoms with Gasteiger partial charge in [-0.3, -0.25) is 4.79 Å². The predicted octanol–water partition coefficient (Wildman–Crippen LogP) is 2.82. The Kier molecular flexibility index (Phi) is 4.23. The summed E-state index contributed by atoms with van der Waals surface area (Å²) in [5.74, 6) is 0.947. The highest BCUT2D eigenvalue weighted by Gasteiger charge is 2.37. The summed E-state index contributed by atoms with van der Waals surface area (Å²) in [6.07, 6.45) is 2.00. The van der Waals surface area contributed by atoms with Crippen LogP contribution in [-0.4, -0.2) is 30.5 Å². The van der Waals surface area contributed by atoms with E-state index in [0.29, 0.717) is 5.76 Å². The number of carbonyl (C=O) groups excluding carboxylic acids is 1. The summed E-state index contributed by atoms with van der Waals surface area (Å²) in [4.78, 5) is 14.4. The molecule has 2 atom stereocenters. The van der Waals surface area contributed by atoms with Crippen molar-refractivity contribution in [3.8, 4) is 0 Å². The van der Waals surface area contributed by atoms with Gasteiger partial charge in [0.25, 0.3) is 0 Å². The molecule has 0 aromatic heterocycles. The van der Waals surface area contributed by atoms with Crippen LogP contribution in [0.4, 0.5) is 0 Å². The van der Waals surface area contributed by atoms with Crippen LogP contribution in [0.15, 0.2) is 12.3 Å². The number of rotatable bonds is 3. The zero-order valence-electron chi connectivity index (χ0n) is 11.7. The van der Waals surface area contributed by atoms with Crippen molar-refractivity contribution in [2.75, 3.05) is 13.7 Å². The van der Waals surface area contributed by atoms with Crippen LogP contribution in [0.5, 0.6) is 0 Å². The predicted molar refractivity (Wildman–Crippen MR) is 69.5 cm³/mol. The Balaban J connectivity index is 2.78. The molecule has 1 aliphatic rings. The standard InChI is InChI=1S/C14H25NO2/c1-10(14(3,4)5)13(16)15-9-7-8-12(15)11(2)17-6/h10,12H,2,7-9H2,1,3-6H3/t10-,12?/m1/s1. The van der Waals surface area contributed by atoms with E-state index in [0.717, 1.165) is 19.4 Å². The molecule has 3 heteroatoms. The Hall–Kier alpha value is -0.990. The van der Waals surface area contributed by atoms with Crippen LogP contribution in [0, 0.1) is 11.3 Å². The Bertz CT molecular complexity index is 304. The lowest BCUT2D eigenvalue weighted by molar-refractivity contribution is -0.139. The highest BCUT2D eigenvalue weighted by molar-refractivity contribution is 5.80. The van der Waals surface area contributed by atoms with Gasteiger partial charge in [-0.25, -0.2) is 0 Å². The number of hydrogen-bond acceptors (Lipinski definition) is 2. The molecule has 1 rings (SSSR count). The smallest absolute Gasteiger partial charge is 0.226 e. The number of likely N-dealkylation sites (tertiary alicyclic amines) is 1. The second-order valence-electron chi connectivity index (χ2n) is 5.95. The molecule has 1 saturated heterocycles. The van der Waals surface area contributed by atoms with Crippen molar-refractivity contribution < 1.29 is 9.53 Å². The van der Waals surface area contributed by atoms with E-state index in [1.165, 1.54) is 0 Å². The van der Waals surface area contributed by atoms with Gasteiger partial charge in [0.2, 0.25) is 5.91 Å². The van der Waals surface area contributed by atoms with Gasteiger partial charge in [-0.05, 0) is 18.3 Å². The zero-order valence-corrected chi connectivity index (χ0v) is 11.7. The summed E-state index contributed by atoms with van der Waals surface area (Å²) >= 11 is 0. The van der Waals surface area contributed by atoms with Crippen molar-refractivity contribution in [2.45, 2.75) is 46.6 Å². The number of ether oxygens (including phenoxy) is 1. The molecule has 3 nitrogen and oxygen atoms in total. The second-order valence-corrected chi connectivity index (χ2v) is 5.95. The molecule has 0 spiro atoms. The first-order valence-electron chi connectivity index (χ1n) is 6.32. The number of amides is 1. The summed E-state index contributed by atoms with van der Waals surface area (Å²) in [5.41, 5.74) is -0.00136. The summed E-state index contributed by atoms with van der Waals surface area (Å²) < 4.78 is 5.19. The lowest BCUT2D eigenvalue weighted by atomic mass is 9.81. The van der Waals surface area contributed by atoms with E-state index < -0.39 is 0 Å². The summed E-state index contributed by atoms with van der Waals surface area (Å²) in [5, 5.41) is 0. The molecule has 1 aliphatic heterocycles. The van der Waals surface area contributed by atoms with Crippen molar-refractivity contribution in [3.63, 3.8) is 0 Å². The average Bonchev–Trinajstić information content (AvgIpc) is 2.73. The maximum absolute atomic E-state index is 12.5. The number of carbonyl (C=O) groups is 1. The third-order valence-corrected chi connectivity index (χ3v) is 3.84.